The molecule has 0 unspecified atom stereocenters. The molecular formula is C18H14ClN5O2. The molecule has 8 heteroatoms. The molecule has 2 aliphatic carbocycles. The van der Waals surface area contributed by atoms with Gasteiger partial charge < -0.3 is 4.52 Å². The zero-order chi connectivity index (χ0) is 17.4. The van der Waals surface area contributed by atoms with Crippen molar-refractivity contribution in [3.05, 3.63) is 45.7 Å². The fraction of sp³-hybridized carbons (Fsp3) is 0.333. The van der Waals surface area contributed by atoms with E-state index in [1.54, 1.807) is 16.8 Å². The van der Waals surface area contributed by atoms with Gasteiger partial charge in [-0.3, -0.25) is 13.8 Å². The summed E-state index contributed by atoms with van der Waals surface area (Å²) in [5.41, 5.74) is 1.37. The Morgan fingerprint density at radius 2 is 2.04 bits per heavy atom. The van der Waals surface area contributed by atoms with Crippen LogP contribution in [0.4, 0.5) is 0 Å². The van der Waals surface area contributed by atoms with Gasteiger partial charge in [0, 0.05) is 12.0 Å². The molecule has 1 aromatic carbocycles. The molecule has 3 heterocycles. The maximum absolute atomic E-state index is 13.1. The van der Waals surface area contributed by atoms with Gasteiger partial charge in [0.05, 0.1) is 22.1 Å². The van der Waals surface area contributed by atoms with E-state index >= 15 is 0 Å². The maximum atomic E-state index is 13.1. The van der Waals surface area contributed by atoms with E-state index in [0.29, 0.717) is 39.4 Å². The largest absolute Gasteiger partial charge is 0.339 e. The van der Waals surface area contributed by atoms with Gasteiger partial charge in [0.15, 0.2) is 5.82 Å². The van der Waals surface area contributed by atoms with Gasteiger partial charge in [0.2, 0.25) is 11.7 Å². The Morgan fingerprint density at radius 1 is 1.19 bits per heavy atom. The van der Waals surface area contributed by atoms with E-state index < -0.39 is 0 Å². The standard InChI is InChI=1S/C18H14ClN5O2/c19-11-2-1-3-12-14(11)18(25)23(10-6-7-10)13-8-20-16(24(12)13)15-21-17(26-22-15)9-4-5-9/h1-3,8-10H,4-7H2. The summed E-state index contributed by atoms with van der Waals surface area (Å²) in [6.45, 7) is 0. The van der Waals surface area contributed by atoms with Gasteiger partial charge in [-0.2, -0.15) is 4.98 Å². The number of aromatic nitrogens is 5. The minimum atomic E-state index is -0.0705. The van der Waals surface area contributed by atoms with Crippen molar-refractivity contribution in [3.8, 4) is 11.6 Å². The lowest BCUT2D eigenvalue weighted by Gasteiger charge is -2.12. The van der Waals surface area contributed by atoms with Crippen LogP contribution in [0.1, 0.15) is 43.5 Å². The molecule has 0 atom stereocenters. The first-order chi connectivity index (χ1) is 12.7. The molecule has 0 bridgehead atoms. The van der Waals surface area contributed by atoms with Crippen molar-refractivity contribution < 1.29 is 4.52 Å². The van der Waals surface area contributed by atoms with Crippen LogP contribution >= 0.6 is 11.6 Å². The quantitative estimate of drug-likeness (QED) is 0.553. The Hall–Kier alpha value is -2.67. The van der Waals surface area contributed by atoms with E-state index in [2.05, 4.69) is 15.1 Å². The summed E-state index contributed by atoms with van der Waals surface area (Å²) < 4.78 is 9.12. The normalized spacial score (nSPS) is 17.4. The lowest BCUT2D eigenvalue weighted by atomic mass is 10.2. The Balaban J connectivity index is 1.72. The number of hydrogen-bond donors (Lipinski definition) is 0. The van der Waals surface area contributed by atoms with E-state index in [4.69, 9.17) is 16.1 Å². The highest BCUT2D eigenvalue weighted by Gasteiger charge is 2.32. The minimum absolute atomic E-state index is 0.0705. The number of fused-ring (bicyclic) bond motifs is 3. The van der Waals surface area contributed by atoms with Crippen molar-refractivity contribution in [1.29, 1.82) is 0 Å². The second-order valence-corrected chi connectivity index (χ2v) is 7.45. The first-order valence-corrected chi connectivity index (χ1v) is 9.14. The molecule has 0 aliphatic heterocycles. The molecule has 4 aromatic rings. The predicted molar refractivity (Wildman–Crippen MR) is 95.5 cm³/mol. The fourth-order valence-corrected chi connectivity index (χ4v) is 3.80. The van der Waals surface area contributed by atoms with E-state index in [0.717, 1.165) is 31.3 Å². The molecule has 2 saturated carbocycles. The zero-order valence-corrected chi connectivity index (χ0v) is 14.5. The van der Waals surface area contributed by atoms with Crippen molar-refractivity contribution in [2.24, 2.45) is 0 Å². The second kappa shape index (κ2) is 4.94. The average Bonchev–Trinajstić information content (AvgIpc) is 3.55. The number of hydrogen-bond acceptors (Lipinski definition) is 5. The summed E-state index contributed by atoms with van der Waals surface area (Å²) in [5, 5.41) is 5.06. The maximum Gasteiger partial charge on any atom is 0.263 e. The summed E-state index contributed by atoms with van der Waals surface area (Å²) in [4.78, 5) is 22.1. The first kappa shape index (κ1) is 14.5. The van der Waals surface area contributed by atoms with E-state index in [1.165, 1.54) is 0 Å². The monoisotopic (exact) mass is 367 g/mol. The molecule has 0 N–H and O–H groups in total. The zero-order valence-electron chi connectivity index (χ0n) is 13.7. The van der Waals surface area contributed by atoms with Gasteiger partial charge in [-0.25, -0.2) is 4.98 Å². The van der Waals surface area contributed by atoms with E-state index in [9.17, 15) is 4.79 Å². The van der Waals surface area contributed by atoms with Gasteiger partial charge in [-0.05, 0) is 37.8 Å². The van der Waals surface area contributed by atoms with Crippen LogP contribution in [0.25, 0.3) is 28.2 Å². The van der Waals surface area contributed by atoms with Gasteiger partial charge in [0.1, 0.15) is 5.65 Å². The third-order valence-corrected chi connectivity index (χ3v) is 5.45. The van der Waals surface area contributed by atoms with Crippen LogP contribution in [0.15, 0.2) is 33.7 Å². The van der Waals surface area contributed by atoms with Crippen molar-refractivity contribution in [2.75, 3.05) is 0 Å². The highest BCUT2D eigenvalue weighted by molar-refractivity contribution is 6.35. The van der Waals surface area contributed by atoms with Gasteiger partial charge in [-0.1, -0.05) is 22.8 Å². The predicted octanol–water partition coefficient (Wildman–Crippen LogP) is 3.56. The average molecular weight is 368 g/mol. The summed E-state index contributed by atoms with van der Waals surface area (Å²) in [6.07, 6.45) is 5.86. The van der Waals surface area contributed by atoms with Crippen molar-refractivity contribution in [3.63, 3.8) is 0 Å². The third kappa shape index (κ3) is 1.94. The Bertz CT molecular complexity index is 1250. The van der Waals surface area contributed by atoms with Crippen LogP contribution in [0.2, 0.25) is 5.02 Å². The molecular weight excluding hydrogens is 354 g/mol. The van der Waals surface area contributed by atoms with Crippen molar-refractivity contribution in [2.45, 2.75) is 37.6 Å². The summed E-state index contributed by atoms with van der Waals surface area (Å²) in [6, 6.07) is 5.65. The van der Waals surface area contributed by atoms with Crippen LogP contribution < -0.4 is 5.56 Å². The van der Waals surface area contributed by atoms with Crippen LogP contribution in [-0.4, -0.2) is 24.1 Å². The lowest BCUT2D eigenvalue weighted by Crippen LogP contribution is -2.22. The highest BCUT2D eigenvalue weighted by atomic mass is 35.5. The lowest BCUT2D eigenvalue weighted by molar-refractivity contribution is 0.380. The molecule has 26 heavy (non-hydrogen) atoms. The molecule has 0 saturated heterocycles. The van der Waals surface area contributed by atoms with Crippen molar-refractivity contribution in [1.82, 2.24) is 24.1 Å². The molecule has 0 spiro atoms. The van der Waals surface area contributed by atoms with Gasteiger partial charge in [0.25, 0.3) is 5.56 Å². The fourth-order valence-electron chi connectivity index (χ4n) is 3.55. The summed E-state index contributed by atoms with van der Waals surface area (Å²) >= 11 is 6.38. The van der Waals surface area contributed by atoms with E-state index in [-0.39, 0.29) is 11.6 Å². The number of halogens is 1. The Labute approximate surface area is 152 Å². The number of rotatable bonds is 3. The van der Waals surface area contributed by atoms with E-state index in [1.807, 2.05) is 16.5 Å². The van der Waals surface area contributed by atoms with Crippen LogP contribution in [0.5, 0.6) is 0 Å². The smallest absolute Gasteiger partial charge is 0.263 e. The van der Waals surface area contributed by atoms with Gasteiger partial charge in [-0.15, -0.1) is 0 Å². The number of imidazole rings is 1. The Morgan fingerprint density at radius 3 is 2.81 bits per heavy atom. The molecule has 7 nitrogen and oxygen atoms in total. The minimum Gasteiger partial charge on any atom is -0.339 e. The first-order valence-electron chi connectivity index (χ1n) is 8.76. The highest BCUT2D eigenvalue weighted by Crippen LogP contribution is 2.40. The Kier molecular flexibility index (Phi) is 2.76. The summed E-state index contributed by atoms with van der Waals surface area (Å²) in [5.74, 6) is 2.04. The molecule has 2 fully saturated rings. The topological polar surface area (TPSA) is 78.2 Å². The number of benzene rings is 1. The van der Waals surface area contributed by atoms with Crippen LogP contribution in [0, 0.1) is 0 Å². The molecule has 6 rings (SSSR count). The molecule has 0 radical (unpaired) electrons. The molecule has 130 valence electrons. The second-order valence-electron chi connectivity index (χ2n) is 7.05. The van der Waals surface area contributed by atoms with Crippen molar-refractivity contribution >= 4 is 28.2 Å². The number of nitrogens with zero attached hydrogens (tertiary/aromatic N) is 5. The van der Waals surface area contributed by atoms with Crippen LogP contribution in [0.3, 0.4) is 0 Å². The SMILES string of the molecule is O=c1c2c(Cl)cccc2n2c(-c3noc(C4CC4)n3)ncc2n1C1CC1. The summed E-state index contributed by atoms with van der Waals surface area (Å²) in [7, 11) is 0. The van der Waals surface area contributed by atoms with Crippen LogP contribution in [-0.2, 0) is 0 Å². The molecule has 0 amide bonds. The molecule has 2 aliphatic rings. The third-order valence-electron chi connectivity index (χ3n) is 5.14. The van der Waals surface area contributed by atoms with Gasteiger partial charge >= 0.3 is 0 Å². The molecule has 3 aromatic heterocycles.